The van der Waals surface area contributed by atoms with Crippen LogP contribution in [-0.4, -0.2) is 64.5 Å². The van der Waals surface area contributed by atoms with E-state index in [0.29, 0.717) is 13.2 Å². The lowest BCUT2D eigenvalue weighted by atomic mass is 10.1. The zero-order chi connectivity index (χ0) is 19.3. The van der Waals surface area contributed by atoms with E-state index in [1.807, 2.05) is 24.4 Å². The molecule has 0 saturated carbocycles. The van der Waals surface area contributed by atoms with E-state index in [9.17, 15) is 9.59 Å². The van der Waals surface area contributed by atoms with Crippen LogP contribution < -0.4 is 4.90 Å². The van der Waals surface area contributed by atoms with Gasteiger partial charge in [-0.15, -0.1) is 0 Å². The van der Waals surface area contributed by atoms with Gasteiger partial charge < -0.3 is 19.5 Å². The van der Waals surface area contributed by atoms with Gasteiger partial charge in [-0.25, -0.2) is 4.98 Å². The summed E-state index contributed by atoms with van der Waals surface area (Å²) in [5, 5.41) is 1.02. The molecule has 0 aromatic carbocycles. The number of rotatable bonds is 3. The molecule has 0 spiro atoms. The monoisotopic (exact) mass is 377 g/mol. The first kappa shape index (κ1) is 16.9. The summed E-state index contributed by atoms with van der Waals surface area (Å²) in [6.07, 6.45) is 5.71. The molecular formula is C20H19N5O3. The highest BCUT2D eigenvalue weighted by atomic mass is 16.5. The molecule has 2 aliphatic rings. The van der Waals surface area contributed by atoms with Crippen LogP contribution in [0.3, 0.4) is 0 Å². The highest BCUT2D eigenvalue weighted by Gasteiger charge is 2.34. The molecule has 0 radical (unpaired) electrons. The lowest BCUT2D eigenvalue weighted by Gasteiger charge is -2.35. The van der Waals surface area contributed by atoms with Crippen LogP contribution in [0.15, 0.2) is 36.8 Å². The number of pyridine rings is 2. The van der Waals surface area contributed by atoms with E-state index in [1.54, 1.807) is 29.2 Å². The number of nitrogens with zero attached hydrogens (tertiary/aromatic N) is 4. The van der Waals surface area contributed by atoms with Gasteiger partial charge in [0.15, 0.2) is 0 Å². The van der Waals surface area contributed by atoms with Gasteiger partial charge in [0.05, 0.1) is 30.5 Å². The first-order valence-electron chi connectivity index (χ1n) is 9.16. The Morgan fingerprint density at radius 1 is 1.18 bits per heavy atom. The van der Waals surface area contributed by atoms with Gasteiger partial charge in [-0.1, -0.05) is 0 Å². The number of aromatic amines is 1. The number of H-pyrrole nitrogens is 1. The molecule has 28 heavy (non-hydrogen) atoms. The molecule has 3 aromatic heterocycles. The number of ether oxygens (including phenoxy) is 1. The summed E-state index contributed by atoms with van der Waals surface area (Å²) in [5.74, 6) is -0.0776. The van der Waals surface area contributed by atoms with Crippen molar-refractivity contribution in [3.8, 4) is 11.1 Å². The van der Waals surface area contributed by atoms with Crippen LogP contribution in [0.4, 0.5) is 5.69 Å². The molecule has 142 valence electrons. The molecule has 2 aliphatic heterocycles. The van der Waals surface area contributed by atoms with Crippen LogP contribution in [-0.2, 0) is 20.7 Å². The SMILES string of the molecule is CN1C(=O)COC[C@@H]1CN1C(=O)Cc2ncc(-c3cnc4[nH]ccc4c3)cc21. The van der Waals surface area contributed by atoms with Gasteiger partial charge in [0.1, 0.15) is 12.3 Å². The van der Waals surface area contributed by atoms with Crippen molar-refractivity contribution < 1.29 is 14.3 Å². The van der Waals surface area contributed by atoms with Crippen LogP contribution in [0.1, 0.15) is 5.69 Å². The van der Waals surface area contributed by atoms with Gasteiger partial charge in [-0.2, -0.15) is 0 Å². The highest BCUT2D eigenvalue weighted by Crippen LogP contribution is 2.32. The third-order valence-electron chi connectivity index (χ3n) is 5.46. The molecular weight excluding hydrogens is 358 g/mol. The minimum Gasteiger partial charge on any atom is -0.369 e. The van der Waals surface area contributed by atoms with Crippen LogP contribution in [0, 0.1) is 0 Å². The minimum absolute atomic E-state index is 0.00900. The zero-order valence-electron chi connectivity index (χ0n) is 15.4. The molecule has 2 amide bonds. The van der Waals surface area contributed by atoms with Gasteiger partial charge in [0.2, 0.25) is 11.8 Å². The lowest BCUT2D eigenvalue weighted by molar-refractivity contribution is -0.145. The van der Waals surface area contributed by atoms with E-state index in [1.165, 1.54) is 0 Å². The predicted molar refractivity (Wildman–Crippen MR) is 103 cm³/mol. The maximum Gasteiger partial charge on any atom is 0.248 e. The normalized spacial score (nSPS) is 19.5. The quantitative estimate of drug-likeness (QED) is 0.744. The third kappa shape index (κ3) is 2.73. The number of nitrogens with one attached hydrogen (secondary N) is 1. The van der Waals surface area contributed by atoms with Crippen LogP contribution in [0.25, 0.3) is 22.2 Å². The lowest BCUT2D eigenvalue weighted by Crippen LogP contribution is -2.52. The number of anilines is 1. The Balaban J connectivity index is 1.47. The maximum absolute atomic E-state index is 12.6. The number of carbonyl (C=O) groups excluding carboxylic acids is 2. The van der Waals surface area contributed by atoms with Crippen molar-refractivity contribution in [3.05, 3.63) is 42.5 Å². The summed E-state index contributed by atoms with van der Waals surface area (Å²) in [7, 11) is 1.75. The summed E-state index contributed by atoms with van der Waals surface area (Å²) < 4.78 is 5.37. The van der Waals surface area contributed by atoms with Crippen molar-refractivity contribution in [3.63, 3.8) is 0 Å². The fraction of sp³-hybridized carbons (Fsp3) is 0.300. The molecule has 1 fully saturated rings. The number of hydrogen-bond acceptors (Lipinski definition) is 5. The second-order valence-corrected chi connectivity index (χ2v) is 7.18. The zero-order valence-corrected chi connectivity index (χ0v) is 15.4. The van der Waals surface area contributed by atoms with E-state index < -0.39 is 0 Å². The number of aromatic nitrogens is 3. The summed E-state index contributed by atoms with van der Waals surface area (Å²) in [6, 6.07) is 5.83. The van der Waals surface area contributed by atoms with E-state index >= 15 is 0 Å². The van der Waals surface area contributed by atoms with Gasteiger partial charge in [0.25, 0.3) is 0 Å². The summed E-state index contributed by atoms with van der Waals surface area (Å²) in [4.78, 5) is 39.9. The summed E-state index contributed by atoms with van der Waals surface area (Å²) in [6.45, 7) is 0.911. The molecule has 3 aromatic rings. The summed E-state index contributed by atoms with van der Waals surface area (Å²) >= 11 is 0. The van der Waals surface area contributed by atoms with Crippen molar-refractivity contribution in [2.75, 3.05) is 31.7 Å². The Labute approximate surface area is 161 Å². The predicted octanol–water partition coefficient (Wildman–Crippen LogP) is 1.37. The highest BCUT2D eigenvalue weighted by molar-refractivity contribution is 6.01. The summed E-state index contributed by atoms with van der Waals surface area (Å²) in [5.41, 5.74) is 4.23. The van der Waals surface area contributed by atoms with Crippen molar-refractivity contribution in [2.45, 2.75) is 12.5 Å². The third-order valence-corrected chi connectivity index (χ3v) is 5.46. The molecule has 1 saturated heterocycles. The van der Waals surface area contributed by atoms with Crippen LogP contribution >= 0.6 is 0 Å². The van der Waals surface area contributed by atoms with Crippen molar-refractivity contribution in [1.29, 1.82) is 0 Å². The van der Waals surface area contributed by atoms with Gasteiger partial charge in [-0.05, 0) is 18.2 Å². The van der Waals surface area contributed by atoms with Gasteiger partial charge in [-0.3, -0.25) is 14.6 Å². The Bertz CT molecular complexity index is 1090. The van der Waals surface area contributed by atoms with E-state index in [2.05, 4.69) is 15.0 Å². The molecule has 5 rings (SSSR count). The molecule has 8 heteroatoms. The first-order chi connectivity index (χ1) is 13.6. The Kier molecular flexibility index (Phi) is 3.87. The number of likely N-dealkylation sites (N-methyl/N-ethyl adjacent to an activating group) is 1. The molecule has 0 unspecified atom stereocenters. The van der Waals surface area contributed by atoms with E-state index in [-0.39, 0.29) is 30.9 Å². The maximum atomic E-state index is 12.6. The van der Waals surface area contributed by atoms with Crippen molar-refractivity contribution in [2.24, 2.45) is 0 Å². The largest absolute Gasteiger partial charge is 0.369 e. The molecule has 8 nitrogen and oxygen atoms in total. The van der Waals surface area contributed by atoms with E-state index in [4.69, 9.17) is 4.74 Å². The molecule has 5 heterocycles. The van der Waals surface area contributed by atoms with Gasteiger partial charge >= 0.3 is 0 Å². The van der Waals surface area contributed by atoms with Crippen molar-refractivity contribution >= 4 is 28.5 Å². The molecule has 1 atom stereocenters. The van der Waals surface area contributed by atoms with Crippen molar-refractivity contribution in [1.82, 2.24) is 19.9 Å². The van der Waals surface area contributed by atoms with E-state index in [0.717, 1.165) is 33.5 Å². The second-order valence-electron chi connectivity index (χ2n) is 7.18. The Hall–Kier alpha value is -3.26. The molecule has 1 N–H and O–H groups in total. The Morgan fingerprint density at radius 3 is 2.89 bits per heavy atom. The number of amides is 2. The second kappa shape index (κ2) is 6.42. The average molecular weight is 377 g/mol. The number of carbonyl (C=O) groups is 2. The number of morpholine rings is 1. The first-order valence-corrected chi connectivity index (χ1v) is 9.16. The van der Waals surface area contributed by atoms with Crippen LogP contribution in [0.5, 0.6) is 0 Å². The molecule has 0 bridgehead atoms. The topological polar surface area (TPSA) is 91.4 Å². The van der Waals surface area contributed by atoms with Gasteiger partial charge in [0, 0.05) is 48.7 Å². The minimum atomic E-state index is -0.169. The fourth-order valence-corrected chi connectivity index (χ4v) is 3.77. The number of fused-ring (bicyclic) bond motifs is 2. The average Bonchev–Trinajstić information content (AvgIpc) is 3.28. The van der Waals surface area contributed by atoms with Crippen LogP contribution in [0.2, 0.25) is 0 Å². The number of hydrogen-bond donors (Lipinski definition) is 1. The standard InChI is InChI=1S/C20H19N5O3/c1-24-15(10-28-11-19(24)27)9-25-17-5-14(7-22-16(17)6-18(25)26)13-4-12-2-3-21-20(12)23-8-13/h2-5,7-8,15H,6,9-11H2,1H3,(H,21,23)/t15-/m0/s1. The smallest absolute Gasteiger partial charge is 0.248 e. The molecule has 0 aliphatic carbocycles. The fourth-order valence-electron chi connectivity index (χ4n) is 3.77. The Morgan fingerprint density at radius 2 is 2.00 bits per heavy atom.